The lowest BCUT2D eigenvalue weighted by Crippen LogP contribution is -2.39. The van der Waals surface area contributed by atoms with Gasteiger partial charge in [-0.05, 0) is 13.3 Å². The van der Waals surface area contributed by atoms with E-state index in [-0.39, 0.29) is 6.04 Å². The largest absolute Gasteiger partial charge is 0.357 e. The first-order valence-corrected chi connectivity index (χ1v) is 11.3. The van der Waals surface area contributed by atoms with Crippen LogP contribution in [0.4, 0.5) is 0 Å². The molecule has 0 amide bonds. The number of nitrogens with zero attached hydrogens (tertiary/aromatic N) is 2. The zero-order valence-corrected chi connectivity index (χ0v) is 17.3. The summed E-state index contributed by atoms with van der Waals surface area (Å²) in [5.41, 5.74) is 5.97. The quantitative estimate of drug-likeness (QED) is 0.330. The lowest BCUT2D eigenvalue weighted by atomic mass is 10.0. The summed E-state index contributed by atoms with van der Waals surface area (Å²) in [4.78, 5) is 6.92. The summed E-state index contributed by atoms with van der Waals surface area (Å²) in [5, 5.41) is 0. The Morgan fingerprint density at radius 3 is 1.68 bits per heavy atom. The zero-order chi connectivity index (χ0) is 18.2. The average molecular weight is 352 g/mol. The van der Waals surface area contributed by atoms with Crippen molar-refractivity contribution in [2.24, 2.45) is 10.7 Å². The summed E-state index contributed by atoms with van der Waals surface area (Å²) in [6.07, 6.45) is 21.4. The van der Waals surface area contributed by atoms with Crippen molar-refractivity contribution in [3.8, 4) is 0 Å². The summed E-state index contributed by atoms with van der Waals surface area (Å²) in [7, 11) is 0. The number of hydrogen-bond donors (Lipinski definition) is 1. The molecule has 0 aromatic rings. The Labute approximate surface area is 157 Å². The fourth-order valence-electron chi connectivity index (χ4n) is 3.83. The second-order valence-electron chi connectivity index (χ2n) is 7.97. The van der Waals surface area contributed by atoms with Gasteiger partial charge >= 0.3 is 0 Å². The third kappa shape index (κ3) is 11.6. The monoisotopic (exact) mass is 351 g/mol. The van der Waals surface area contributed by atoms with E-state index in [9.17, 15) is 0 Å². The Hall–Kier alpha value is -0.570. The molecule has 1 aliphatic heterocycles. The van der Waals surface area contributed by atoms with Gasteiger partial charge in [-0.25, -0.2) is 0 Å². The van der Waals surface area contributed by atoms with Crippen LogP contribution >= 0.6 is 0 Å². The van der Waals surface area contributed by atoms with Crippen molar-refractivity contribution in [3.05, 3.63) is 0 Å². The Kier molecular flexibility index (Phi) is 14.1. The fraction of sp³-hybridized carbons (Fsp3) is 0.955. The van der Waals surface area contributed by atoms with Gasteiger partial charge in [-0.2, -0.15) is 0 Å². The molecule has 0 bridgehead atoms. The molecule has 0 spiro atoms. The summed E-state index contributed by atoms with van der Waals surface area (Å²) in [5.74, 6) is 1.13. The van der Waals surface area contributed by atoms with Crippen molar-refractivity contribution in [2.75, 3.05) is 19.6 Å². The van der Waals surface area contributed by atoms with Crippen LogP contribution in [-0.2, 0) is 0 Å². The van der Waals surface area contributed by atoms with Gasteiger partial charge in [0.15, 0.2) is 0 Å². The highest BCUT2D eigenvalue weighted by Crippen LogP contribution is 2.14. The van der Waals surface area contributed by atoms with E-state index < -0.39 is 0 Å². The van der Waals surface area contributed by atoms with E-state index >= 15 is 0 Å². The van der Waals surface area contributed by atoms with Crippen LogP contribution in [0.15, 0.2) is 4.99 Å². The van der Waals surface area contributed by atoms with E-state index in [1.807, 2.05) is 6.92 Å². The maximum atomic E-state index is 5.97. The molecule has 1 rings (SSSR count). The summed E-state index contributed by atoms with van der Waals surface area (Å²) >= 11 is 0. The van der Waals surface area contributed by atoms with E-state index in [4.69, 9.17) is 5.73 Å². The van der Waals surface area contributed by atoms with Gasteiger partial charge in [0.1, 0.15) is 5.84 Å². The van der Waals surface area contributed by atoms with Gasteiger partial charge in [0.25, 0.3) is 0 Å². The maximum Gasteiger partial charge on any atom is 0.116 e. The van der Waals surface area contributed by atoms with E-state index in [0.717, 1.165) is 25.5 Å². The minimum atomic E-state index is 0.0961. The maximum absolute atomic E-state index is 5.97. The molecule has 0 saturated heterocycles. The summed E-state index contributed by atoms with van der Waals surface area (Å²) in [6.45, 7) is 7.51. The zero-order valence-electron chi connectivity index (χ0n) is 17.3. The van der Waals surface area contributed by atoms with E-state index in [1.165, 1.54) is 96.3 Å². The fourth-order valence-corrected chi connectivity index (χ4v) is 3.83. The van der Waals surface area contributed by atoms with Crippen LogP contribution in [0, 0.1) is 0 Å². The Morgan fingerprint density at radius 2 is 1.24 bits per heavy atom. The Balaban J connectivity index is 1.77. The number of unbranched alkanes of at least 4 members (excludes halogenated alkanes) is 14. The highest BCUT2D eigenvalue weighted by atomic mass is 15.2. The number of hydrogen-bond acceptors (Lipinski definition) is 3. The molecule has 0 aromatic carbocycles. The Bertz CT molecular complexity index is 325. The molecule has 25 heavy (non-hydrogen) atoms. The third-order valence-electron chi connectivity index (χ3n) is 5.41. The highest BCUT2D eigenvalue weighted by molar-refractivity contribution is 5.88. The number of aliphatic imine (C=N–C) groups is 1. The molecule has 1 unspecified atom stereocenters. The number of nitrogens with two attached hydrogens (primary N) is 1. The van der Waals surface area contributed by atoms with Crippen molar-refractivity contribution in [2.45, 2.75) is 116 Å². The second kappa shape index (κ2) is 15.7. The topological polar surface area (TPSA) is 41.6 Å². The van der Waals surface area contributed by atoms with Crippen LogP contribution in [0.25, 0.3) is 0 Å². The predicted molar refractivity (Wildman–Crippen MR) is 112 cm³/mol. The van der Waals surface area contributed by atoms with Gasteiger partial charge in [-0.1, -0.05) is 96.8 Å². The van der Waals surface area contributed by atoms with E-state index in [0.29, 0.717) is 0 Å². The third-order valence-corrected chi connectivity index (χ3v) is 5.41. The van der Waals surface area contributed by atoms with Gasteiger partial charge < -0.3 is 10.6 Å². The minimum Gasteiger partial charge on any atom is -0.357 e. The van der Waals surface area contributed by atoms with Crippen LogP contribution in [0.3, 0.4) is 0 Å². The van der Waals surface area contributed by atoms with Crippen molar-refractivity contribution < 1.29 is 0 Å². The molecule has 0 aromatic heterocycles. The SMILES string of the molecule is CCCCCCCCCCCCCCCCCN1CCN=C1C(C)N. The smallest absolute Gasteiger partial charge is 0.116 e. The van der Waals surface area contributed by atoms with Crippen LogP contribution < -0.4 is 5.73 Å². The van der Waals surface area contributed by atoms with Crippen LogP contribution in [-0.4, -0.2) is 36.4 Å². The highest BCUT2D eigenvalue weighted by Gasteiger charge is 2.18. The molecule has 1 atom stereocenters. The van der Waals surface area contributed by atoms with Gasteiger partial charge in [-0.15, -0.1) is 0 Å². The molecule has 1 heterocycles. The molecular weight excluding hydrogens is 306 g/mol. The normalized spacial score (nSPS) is 15.6. The van der Waals surface area contributed by atoms with Crippen LogP contribution in [0.2, 0.25) is 0 Å². The summed E-state index contributed by atoms with van der Waals surface area (Å²) in [6, 6.07) is 0.0961. The van der Waals surface area contributed by atoms with Crippen molar-refractivity contribution in [3.63, 3.8) is 0 Å². The molecule has 2 N–H and O–H groups in total. The average Bonchev–Trinajstić information content (AvgIpc) is 3.07. The standard InChI is InChI=1S/C22H45N3/c1-3-4-5-6-7-8-9-10-11-12-13-14-15-16-17-19-25-20-18-24-22(25)21(2)23/h21H,3-20,23H2,1-2H3. The van der Waals surface area contributed by atoms with Gasteiger partial charge in [-0.3, -0.25) is 4.99 Å². The second-order valence-corrected chi connectivity index (χ2v) is 7.97. The van der Waals surface area contributed by atoms with Crippen molar-refractivity contribution in [1.29, 1.82) is 0 Å². The van der Waals surface area contributed by atoms with E-state index in [2.05, 4.69) is 16.8 Å². The molecular formula is C22H45N3. The molecule has 0 saturated carbocycles. The molecule has 3 nitrogen and oxygen atoms in total. The van der Waals surface area contributed by atoms with Crippen LogP contribution in [0.1, 0.15) is 110 Å². The van der Waals surface area contributed by atoms with E-state index in [1.54, 1.807) is 0 Å². The van der Waals surface area contributed by atoms with Crippen LogP contribution in [0.5, 0.6) is 0 Å². The molecule has 0 fully saturated rings. The van der Waals surface area contributed by atoms with Crippen molar-refractivity contribution in [1.82, 2.24) is 4.90 Å². The first-order chi connectivity index (χ1) is 12.3. The number of amidine groups is 1. The molecule has 3 heteroatoms. The first kappa shape index (κ1) is 22.5. The number of rotatable bonds is 17. The van der Waals surface area contributed by atoms with Crippen molar-refractivity contribution >= 4 is 5.84 Å². The van der Waals surface area contributed by atoms with Gasteiger partial charge in [0.2, 0.25) is 0 Å². The van der Waals surface area contributed by atoms with Gasteiger partial charge in [0, 0.05) is 13.1 Å². The molecule has 0 aliphatic carbocycles. The molecule has 0 radical (unpaired) electrons. The lowest BCUT2D eigenvalue weighted by molar-refractivity contribution is 0.420. The molecule has 148 valence electrons. The summed E-state index contributed by atoms with van der Waals surface area (Å²) < 4.78 is 0. The lowest BCUT2D eigenvalue weighted by Gasteiger charge is -2.22. The Morgan fingerprint density at radius 1 is 0.800 bits per heavy atom. The van der Waals surface area contributed by atoms with Gasteiger partial charge in [0.05, 0.1) is 12.6 Å². The molecule has 1 aliphatic rings. The minimum absolute atomic E-state index is 0.0961. The first-order valence-electron chi connectivity index (χ1n) is 11.3. The predicted octanol–water partition coefficient (Wildman–Crippen LogP) is 5.92.